The Labute approximate surface area is 118 Å². The molecule has 94 valence electrons. The lowest BCUT2D eigenvalue weighted by Crippen LogP contribution is -1.82. The van der Waals surface area contributed by atoms with Gasteiger partial charge in [-0.05, 0) is 30.3 Å². The monoisotopic (exact) mass is 316 g/mol. The minimum absolute atomic E-state index is 0.245. The molecule has 0 unspecified atom stereocenters. The highest BCUT2D eigenvalue weighted by molar-refractivity contribution is 9.10. The van der Waals surface area contributed by atoms with Crippen LogP contribution in [0.4, 0.5) is 4.39 Å². The van der Waals surface area contributed by atoms with Crippen molar-refractivity contribution in [3.63, 3.8) is 0 Å². The van der Waals surface area contributed by atoms with Crippen LogP contribution in [0.15, 0.2) is 59.2 Å². The Balaban J connectivity index is 2.00. The van der Waals surface area contributed by atoms with E-state index in [-0.39, 0.29) is 5.82 Å². The van der Waals surface area contributed by atoms with Crippen LogP contribution in [0.1, 0.15) is 0 Å². The predicted octanol–water partition coefficient (Wildman–Crippen LogP) is 4.65. The summed E-state index contributed by atoms with van der Waals surface area (Å²) in [6.07, 6.45) is 1.82. The molecule has 0 aliphatic rings. The lowest BCUT2D eigenvalue weighted by Gasteiger charge is -1.99. The van der Waals surface area contributed by atoms with E-state index in [0.717, 1.165) is 27.1 Å². The summed E-state index contributed by atoms with van der Waals surface area (Å²) in [6.45, 7) is 0. The molecule has 0 radical (unpaired) electrons. The minimum atomic E-state index is -0.245. The minimum Gasteiger partial charge on any atom is -0.344 e. The van der Waals surface area contributed by atoms with Gasteiger partial charge >= 0.3 is 0 Å². The standard InChI is InChI=1S/C15H10BrFN2/c16-13-4-2-1-3-12(13)15-18-9-14(19-15)10-5-7-11(17)8-6-10/h1-9H,(H,18,19). The first-order valence-electron chi connectivity index (χ1n) is 5.80. The number of nitrogens with zero attached hydrogens (tertiary/aromatic N) is 1. The summed E-state index contributed by atoms with van der Waals surface area (Å²) in [6, 6.07) is 14.2. The van der Waals surface area contributed by atoms with Gasteiger partial charge in [-0.25, -0.2) is 9.37 Å². The maximum absolute atomic E-state index is 12.9. The lowest BCUT2D eigenvalue weighted by atomic mass is 10.2. The second-order valence-corrected chi connectivity index (χ2v) is 4.98. The van der Waals surface area contributed by atoms with Crippen molar-refractivity contribution in [1.82, 2.24) is 9.97 Å². The third-order valence-electron chi connectivity index (χ3n) is 2.85. The van der Waals surface area contributed by atoms with Gasteiger partial charge in [-0.15, -0.1) is 0 Å². The van der Waals surface area contributed by atoms with Crippen LogP contribution >= 0.6 is 15.9 Å². The molecule has 0 saturated carbocycles. The van der Waals surface area contributed by atoms with Gasteiger partial charge in [0.05, 0.1) is 5.69 Å². The molecule has 2 nitrogen and oxygen atoms in total. The zero-order valence-electron chi connectivity index (χ0n) is 9.90. The molecule has 0 spiro atoms. The zero-order chi connectivity index (χ0) is 13.2. The van der Waals surface area contributed by atoms with Crippen molar-refractivity contribution < 1.29 is 4.39 Å². The van der Waals surface area contributed by atoms with E-state index in [4.69, 9.17) is 0 Å². The molecule has 0 atom stereocenters. The number of aromatic amines is 1. The van der Waals surface area contributed by atoms with Gasteiger partial charge in [0, 0.05) is 21.8 Å². The van der Waals surface area contributed by atoms with E-state index < -0.39 is 0 Å². The van der Waals surface area contributed by atoms with Crippen molar-refractivity contribution in [2.45, 2.75) is 0 Å². The molecule has 0 saturated heterocycles. The van der Waals surface area contributed by atoms with Crippen LogP contribution in [0.2, 0.25) is 0 Å². The fourth-order valence-electron chi connectivity index (χ4n) is 1.88. The number of hydrogen-bond acceptors (Lipinski definition) is 1. The summed E-state index contributed by atoms with van der Waals surface area (Å²) in [7, 11) is 0. The van der Waals surface area contributed by atoms with Gasteiger partial charge in [-0.3, -0.25) is 0 Å². The Morgan fingerprint density at radius 1 is 1.00 bits per heavy atom. The van der Waals surface area contributed by atoms with Crippen molar-refractivity contribution in [2.24, 2.45) is 0 Å². The SMILES string of the molecule is Fc1ccc(-c2c[nH]c(-c3ccccc3Br)n2)cc1. The number of hydrogen-bond donors (Lipinski definition) is 1. The average molecular weight is 317 g/mol. The second kappa shape index (κ2) is 4.97. The summed E-state index contributed by atoms with van der Waals surface area (Å²) >= 11 is 3.50. The van der Waals surface area contributed by atoms with Crippen molar-refractivity contribution in [3.8, 4) is 22.6 Å². The van der Waals surface area contributed by atoms with Gasteiger partial charge in [0.1, 0.15) is 11.6 Å². The second-order valence-electron chi connectivity index (χ2n) is 4.12. The number of imidazole rings is 1. The molecular formula is C15H10BrFN2. The first kappa shape index (κ1) is 12.1. The molecule has 1 heterocycles. The number of aromatic nitrogens is 2. The van der Waals surface area contributed by atoms with Crippen LogP contribution in [0.3, 0.4) is 0 Å². The van der Waals surface area contributed by atoms with Crippen LogP contribution < -0.4 is 0 Å². The van der Waals surface area contributed by atoms with Crippen molar-refractivity contribution in [2.75, 3.05) is 0 Å². The van der Waals surface area contributed by atoms with Crippen molar-refractivity contribution in [1.29, 1.82) is 0 Å². The van der Waals surface area contributed by atoms with Crippen LogP contribution in [0.25, 0.3) is 22.6 Å². The first-order valence-corrected chi connectivity index (χ1v) is 6.59. The van der Waals surface area contributed by atoms with E-state index in [1.165, 1.54) is 12.1 Å². The summed E-state index contributed by atoms with van der Waals surface area (Å²) < 4.78 is 13.9. The number of halogens is 2. The first-order chi connectivity index (χ1) is 9.24. The Kier molecular flexibility index (Phi) is 3.17. The van der Waals surface area contributed by atoms with E-state index in [2.05, 4.69) is 25.9 Å². The normalized spacial score (nSPS) is 10.6. The van der Waals surface area contributed by atoms with Crippen LogP contribution in [0, 0.1) is 5.82 Å². The summed E-state index contributed by atoms with van der Waals surface area (Å²) in [5, 5.41) is 0. The fraction of sp³-hybridized carbons (Fsp3) is 0. The molecule has 3 aromatic rings. The van der Waals surface area contributed by atoms with Gasteiger partial charge in [0.25, 0.3) is 0 Å². The molecule has 0 amide bonds. The Hall–Kier alpha value is -1.94. The molecule has 1 aromatic heterocycles. The molecule has 0 bridgehead atoms. The summed E-state index contributed by atoms with van der Waals surface area (Å²) in [5.74, 6) is 0.539. The molecule has 19 heavy (non-hydrogen) atoms. The smallest absolute Gasteiger partial charge is 0.139 e. The molecule has 3 rings (SSSR count). The molecule has 1 N–H and O–H groups in total. The Morgan fingerprint density at radius 2 is 1.74 bits per heavy atom. The highest BCUT2D eigenvalue weighted by Crippen LogP contribution is 2.27. The number of rotatable bonds is 2. The quantitative estimate of drug-likeness (QED) is 0.732. The van der Waals surface area contributed by atoms with Crippen molar-refractivity contribution in [3.05, 3.63) is 65.0 Å². The van der Waals surface area contributed by atoms with Crippen molar-refractivity contribution >= 4 is 15.9 Å². The molecule has 0 aliphatic heterocycles. The highest BCUT2D eigenvalue weighted by atomic mass is 79.9. The van der Waals surface area contributed by atoms with E-state index in [1.54, 1.807) is 12.1 Å². The molecule has 0 fully saturated rings. The number of nitrogens with one attached hydrogen (secondary N) is 1. The summed E-state index contributed by atoms with van der Waals surface area (Å²) in [5.41, 5.74) is 2.68. The third kappa shape index (κ3) is 2.44. The molecule has 2 aromatic carbocycles. The van der Waals surface area contributed by atoms with E-state index in [9.17, 15) is 4.39 Å². The zero-order valence-corrected chi connectivity index (χ0v) is 11.5. The third-order valence-corrected chi connectivity index (χ3v) is 3.54. The van der Waals surface area contributed by atoms with E-state index >= 15 is 0 Å². The van der Waals surface area contributed by atoms with Gasteiger partial charge in [0.15, 0.2) is 0 Å². The van der Waals surface area contributed by atoms with Crippen LogP contribution in [0.5, 0.6) is 0 Å². The lowest BCUT2D eigenvalue weighted by molar-refractivity contribution is 0.628. The summed E-state index contributed by atoms with van der Waals surface area (Å²) in [4.78, 5) is 7.67. The number of H-pyrrole nitrogens is 1. The van der Waals surface area contributed by atoms with Crippen LogP contribution in [-0.4, -0.2) is 9.97 Å². The predicted molar refractivity (Wildman–Crippen MR) is 77.1 cm³/mol. The molecular weight excluding hydrogens is 307 g/mol. The maximum Gasteiger partial charge on any atom is 0.139 e. The van der Waals surface area contributed by atoms with Gasteiger partial charge in [0.2, 0.25) is 0 Å². The largest absolute Gasteiger partial charge is 0.344 e. The average Bonchev–Trinajstić information content (AvgIpc) is 2.89. The topological polar surface area (TPSA) is 28.7 Å². The van der Waals surface area contributed by atoms with E-state index in [0.29, 0.717) is 0 Å². The Bertz CT molecular complexity index is 704. The number of benzene rings is 2. The van der Waals surface area contributed by atoms with E-state index in [1.807, 2.05) is 30.5 Å². The molecule has 0 aliphatic carbocycles. The van der Waals surface area contributed by atoms with Gasteiger partial charge in [-0.1, -0.05) is 34.1 Å². The molecule has 4 heteroatoms. The fourth-order valence-corrected chi connectivity index (χ4v) is 2.35. The van der Waals surface area contributed by atoms with Gasteiger partial charge in [-0.2, -0.15) is 0 Å². The van der Waals surface area contributed by atoms with Crippen LogP contribution in [-0.2, 0) is 0 Å². The van der Waals surface area contributed by atoms with Gasteiger partial charge < -0.3 is 4.98 Å². The Morgan fingerprint density at radius 3 is 2.47 bits per heavy atom. The maximum atomic E-state index is 12.9. The highest BCUT2D eigenvalue weighted by Gasteiger charge is 2.08.